The van der Waals surface area contributed by atoms with Gasteiger partial charge in [-0.2, -0.15) is 0 Å². The zero-order valence-corrected chi connectivity index (χ0v) is 15.6. The zero-order valence-electron chi connectivity index (χ0n) is 15.6. The number of benzene rings is 3. The van der Waals surface area contributed by atoms with Crippen LogP contribution in [0.5, 0.6) is 0 Å². The average Bonchev–Trinajstić information content (AvgIpc) is 2.77. The van der Waals surface area contributed by atoms with Crippen LogP contribution in [-0.2, 0) is 9.53 Å². The number of carbonyl (C=O) groups is 2. The highest BCUT2D eigenvalue weighted by Crippen LogP contribution is 2.25. The highest BCUT2D eigenvalue weighted by molar-refractivity contribution is 5.97. The molecule has 0 fully saturated rings. The molecule has 0 aliphatic carbocycles. The minimum Gasteiger partial charge on any atom is -0.467 e. The minimum absolute atomic E-state index is 0.235. The number of nitrogens with zero attached hydrogens (tertiary/aromatic N) is 1. The van der Waals surface area contributed by atoms with Crippen molar-refractivity contribution in [1.29, 1.82) is 0 Å². The molecule has 3 aromatic carbocycles. The van der Waals surface area contributed by atoms with Crippen LogP contribution in [0.3, 0.4) is 0 Å². The summed E-state index contributed by atoms with van der Waals surface area (Å²) in [7, 11) is 1.32. The van der Waals surface area contributed by atoms with Gasteiger partial charge in [0.15, 0.2) is 0 Å². The lowest BCUT2D eigenvalue weighted by Gasteiger charge is -2.29. The Labute approximate surface area is 164 Å². The van der Waals surface area contributed by atoms with Crippen molar-refractivity contribution >= 4 is 23.3 Å². The fraction of sp³-hybridized carbons (Fsp3) is 0.130. The van der Waals surface area contributed by atoms with E-state index in [9.17, 15) is 9.59 Å². The van der Waals surface area contributed by atoms with Gasteiger partial charge in [0.2, 0.25) is 0 Å². The Balaban J connectivity index is 1.88. The van der Waals surface area contributed by atoms with Crippen LogP contribution in [-0.4, -0.2) is 31.6 Å². The lowest BCUT2D eigenvalue weighted by Crippen LogP contribution is -2.48. The third-order valence-electron chi connectivity index (χ3n) is 4.33. The molecule has 3 aromatic rings. The second-order valence-electron chi connectivity index (χ2n) is 6.20. The van der Waals surface area contributed by atoms with Gasteiger partial charge in [0, 0.05) is 16.9 Å². The van der Waals surface area contributed by atoms with Crippen LogP contribution in [0.15, 0.2) is 91.0 Å². The number of amides is 1. The van der Waals surface area contributed by atoms with Gasteiger partial charge in [0.25, 0.3) is 5.91 Å². The van der Waals surface area contributed by atoms with Crippen molar-refractivity contribution in [2.45, 2.75) is 6.04 Å². The molecule has 0 aliphatic heterocycles. The predicted molar refractivity (Wildman–Crippen MR) is 110 cm³/mol. The molecular weight excluding hydrogens is 352 g/mol. The standard InChI is InChI=1S/C23H22N2O3/c1-28-23(27)21(24-22(26)18-11-5-2-6-12-18)17-25(19-13-7-3-8-14-19)20-15-9-4-10-16-20/h2-16,21H,17H2,1H3,(H,24,26). The van der Waals surface area contributed by atoms with E-state index in [0.29, 0.717) is 5.56 Å². The summed E-state index contributed by atoms with van der Waals surface area (Å²) in [5, 5.41) is 2.80. The van der Waals surface area contributed by atoms with Crippen LogP contribution in [0, 0.1) is 0 Å². The van der Waals surface area contributed by atoms with E-state index in [0.717, 1.165) is 11.4 Å². The zero-order chi connectivity index (χ0) is 19.8. The number of carbonyl (C=O) groups excluding carboxylic acids is 2. The van der Waals surface area contributed by atoms with Gasteiger partial charge < -0.3 is 15.0 Å². The summed E-state index contributed by atoms with van der Waals surface area (Å²) in [4.78, 5) is 27.0. The summed E-state index contributed by atoms with van der Waals surface area (Å²) in [5.74, 6) is -0.821. The molecular formula is C23H22N2O3. The van der Waals surface area contributed by atoms with E-state index in [4.69, 9.17) is 4.74 Å². The molecule has 0 radical (unpaired) electrons. The Hall–Kier alpha value is -3.60. The molecule has 3 rings (SSSR count). The van der Waals surface area contributed by atoms with Gasteiger partial charge in [0.05, 0.1) is 13.7 Å². The van der Waals surface area contributed by atoms with E-state index in [-0.39, 0.29) is 12.5 Å². The van der Waals surface area contributed by atoms with Gasteiger partial charge >= 0.3 is 5.97 Å². The van der Waals surface area contributed by atoms with Crippen molar-refractivity contribution in [2.24, 2.45) is 0 Å². The molecule has 1 atom stereocenters. The molecule has 1 amide bonds. The van der Waals surface area contributed by atoms with E-state index in [1.165, 1.54) is 7.11 Å². The number of esters is 1. The second kappa shape index (κ2) is 9.37. The Kier molecular flexibility index (Phi) is 6.41. The van der Waals surface area contributed by atoms with E-state index in [1.807, 2.05) is 71.6 Å². The number of methoxy groups -OCH3 is 1. The summed E-state index contributed by atoms with van der Waals surface area (Å²) >= 11 is 0. The fourth-order valence-electron chi connectivity index (χ4n) is 2.91. The molecule has 0 aliphatic rings. The molecule has 0 heterocycles. The molecule has 5 heteroatoms. The van der Waals surface area contributed by atoms with Crippen LogP contribution in [0.1, 0.15) is 10.4 Å². The number of hydrogen-bond donors (Lipinski definition) is 1. The molecule has 0 aromatic heterocycles. The summed E-state index contributed by atoms with van der Waals surface area (Å²) in [6, 6.07) is 27.4. The molecule has 0 bridgehead atoms. The molecule has 0 saturated carbocycles. The topological polar surface area (TPSA) is 58.6 Å². The van der Waals surface area contributed by atoms with E-state index in [1.54, 1.807) is 24.3 Å². The van der Waals surface area contributed by atoms with Crippen molar-refractivity contribution in [1.82, 2.24) is 5.32 Å². The van der Waals surface area contributed by atoms with Gasteiger partial charge in [-0.3, -0.25) is 4.79 Å². The monoisotopic (exact) mass is 374 g/mol. The highest BCUT2D eigenvalue weighted by Gasteiger charge is 2.26. The van der Waals surface area contributed by atoms with Crippen LogP contribution >= 0.6 is 0 Å². The first-order chi connectivity index (χ1) is 13.7. The van der Waals surface area contributed by atoms with Gasteiger partial charge in [-0.25, -0.2) is 4.79 Å². The summed E-state index contributed by atoms with van der Waals surface area (Å²) < 4.78 is 4.94. The van der Waals surface area contributed by atoms with Crippen LogP contribution in [0.4, 0.5) is 11.4 Å². The minimum atomic E-state index is -0.835. The third-order valence-corrected chi connectivity index (χ3v) is 4.33. The van der Waals surface area contributed by atoms with Gasteiger partial charge in [-0.15, -0.1) is 0 Å². The largest absolute Gasteiger partial charge is 0.467 e. The van der Waals surface area contributed by atoms with Crippen molar-refractivity contribution in [2.75, 3.05) is 18.6 Å². The SMILES string of the molecule is COC(=O)C(CN(c1ccccc1)c1ccccc1)NC(=O)c1ccccc1. The number of ether oxygens (including phenoxy) is 1. The van der Waals surface area contributed by atoms with Crippen LogP contribution < -0.4 is 10.2 Å². The third kappa shape index (κ3) is 4.76. The lowest BCUT2D eigenvalue weighted by atomic mass is 10.1. The first-order valence-corrected chi connectivity index (χ1v) is 9.00. The van der Waals surface area contributed by atoms with Crippen molar-refractivity contribution in [3.05, 3.63) is 96.6 Å². The number of nitrogens with one attached hydrogen (secondary N) is 1. The maximum atomic E-state index is 12.6. The Morgan fingerprint density at radius 3 is 1.75 bits per heavy atom. The smallest absolute Gasteiger partial charge is 0.330 e. The van der Waals surface area contributed by atoms with Gasteiger partial charge in [-0.1, -0.05) is 54.6 Å². The van der Waals surface area contributed by atoms with Crippen LogP contribution in [0.2, 0.25) is 0 Å². The Morgan fingerprint density at radius 1 is 0.821 bits per heavy atom. The number of rotatable bonds is 7. The summed E-state index contributed by atoms with van der Waals surface area (Å²) in [6.07, 6.45) is 0. The Bertz CT molecular complexity index is 859. The quantitative estimate of drug-likeness (QED) is 0.639. The van der Waals surface area contributed by atoms with E-state index < -0.39 is 12.0 Å². The number of para-hydroxylation sites is 2. The maximum Gasteiger partial charge on any atom is 0.330 e. The molecule has 142 valence electrons. The van der Waals surface area contributed by atoms with Crippen molar-refractivity contribution in [3.63, 3.8) is 0 Å². The second-order valence-corrected chi connectivity index (χ2v) is 6.20. The van der Waals surface area contributed by atoms with E-state index >= 15 is 0 Å². The molecule has 0 saturated heterocycles. The van der Waals surface area contributed by atoms with Crippen LogP contribution in [0.25, 0.3) is 0 Å². The highest BCUT2D eigenvalue weighted by atomic mass is 16.5. The first-order valence-electron chi connectivity index (χ1n) is 9.00. The predicted octanol–water partition coefficient (Wildman–Crippen LogP) is 3.80. The lowest BCUT2D eigenvalue weighted by molar-refractivity contribution is -0.142. The normalized spacial score (nSPS) is 11.3. The van der Waals surface area contributed by atoms with E-state index in [2.05, 4.69) is 5.32 Å². The molecule has 1 unspecified atom stereocenters. The molecule has 1 N–H and O–H groups in total. The maximum absolute atomic E-state index is 12.6. The average molecular weight is 374 g/mol. The van der Waals surface area contributed by atoms with Crippen molar-refractivity contribution < 1.29 is 14.3 Å². The number of anilines is 2. The fourth-order valence-corrected chi connectivity index (χ4v) is 2.91. The van der Waals surface area contributed by atoms with Gasteiger partial charge in [-0.05, 0) is 36.4 Å². The summed E-state index contributed by atoms with van der Waals surface area (Å²) in [5.41, 5.74) is 2.32. The molecule has 28 heavy (non-hydrogen) atoms. The first kappa shape index (κ1) is 19.2. The molecule has 0 spiro atoms. The summed E-state index contributed by atoms with van der Waals surface area (Å²) in [6.45, 7) is 0.235. The number of hydrogen-bond acceptors (Lipinski definition) is 4. The molecule has 5 nitrogen and oxygen atoms in total. The van der Waals surface area contributed by atoms with Gasteiger partial charge in [0.1, 0.15) is 6.04 Å². The Morgan fingerprint density at radius 2 is 1.29 bits per heavy atom. The van der Waals surface area contributed by atoms with Crippen molar-refractivity contribution in [3.8, 4) is 0 Å².